The molecule has 0 aromatic heterocycles. The summed E-state index contributed by atoms with van der Waals surface area (Å²) in [6, 6.07) is 28.4. The van der Waals surface area contributed by atoms with Gasteiger partial charge in [-0.05, 0) is 111 Å². The van der Waals surface area contributed by atoms with E-state index in [2.05, 4.69) is 29.7 Å². The molecule has 63 heavy (non-hydrogen) atoms. The Kier molecular flexibility index (Phi) is 9.53. The van der Waals surface area contributed by atoms with Gasteiger partial charge in [-0.25, -0.2) is 0 Å². The van der Waals surface area contributed by atoms with Crippen LogP contribution in [-0.2, 0) is 20.4 Å². The zero-order valence-electron chi connectivity index (χ0n) is 35.4. The van der Waals surface area contributed by atoms with Gasteiger partial charge in [0.1, 0.15) is 18.8 Å². The Bertz CT molecular complexity index is 2800. The maximum Gasteiger partial charge on any atom is 0.274 e. The summed E-state index contributed by atoms with van der Waals surface area (Å²) in [5.41, 5.74) is 2.13. The number of nitro groups is 1. The van der Waals surface area contributed by atoms with Crippen LogP contribution in [0.15, 0.2) is 114 Å². The van der Waals surface area contributed by atoms with Gasteiger partial charge in [-0.2, -0.15) is 0 Å². The Labute approximate surface area is 363 Å². The highest BCUT2D eigenvalue weighted by Crippen LogP contribution is 2.58. The number of anilines is 4. The normalized spacial score (nSPS) is 20.2. The molecule has 15 heteroatoms. The van der Waals surface area contributed by atoms with E-state index >= 15 is 0 Å². The van der Waals surface area contributed by atoms with E-state index in [-0.39, 0.29) is 42.0 Å². The number of ether oxygens (including phenoxy) is 4. The Morgan fingerprint density at radius 2 is 1.13 bits per heavy atom. The molecule has 0 radical (unpaired) electrons. The highest BCUT2D eigenvalue weighted by Gasteiger charge is 2.61. The van der Waals surface area contributed by atoms with Gasteiger partial charge in [0.25, 0.3) is 5.69 Å². The standard InChI is InChI=1S/C48H44N6O9/c1-45(2)35-11-7-9-13-37(35)52(47(45)21-19-29-23-33(51-57)25-39(60-5)43(29)62-47)27-41(55)49-31-15-17-32(18-16-31)50-42(56)28-53-38-14-10-8-12-36(38)46(3,4)48(53)22-20-30-24-34(54(58)59)26-40(61-6)44(30)63-48/h7-26H,27-28H2,1-6H3,(H,49,55)(H,50,56). The summed E-state index contributed by atoms with van der Waals surface area (Å²) in [6.07, 6.45) is 7.41. The average molecular weight is 849 g/mol. The van der Waals surface area contributed by atoms with E-state index in [4.69, 9.17) is 18.9 Å². The average Bonchev–Trinajstić information content (AvgIpc) is 3.56. The molecule has 2 spiro atoms. The van der Waals surface area contributed by atoms with Crippen LogP contribution in [0.4, 0.5) is 34.1 Å². The topological polar surface area (TPSA) is 174 Å². The minimum atomic E-state index is -1.20. The van der Waals surface area contributed by atoms with Crippen molar-refractivity contribution < 1.29 is 33.5 Å². The molecule has 9 rings (SSSR count). The predicted octanol–water partition coefficient (Wildman–Crippen LogP) is 9.09. The number of non-ortho nitro benzene ring substituents is 1. The molecule has 4 heterocycles. The van der Waals surface area contributed by atoms with Crippen LogP contribution in [-0.4, -0.2) is 55.5 Å². The van der Waals surface area contributed by atoms with Gasteiger partial charge in [0.15, 0.2) is 23.0 Å². The first-order chi connectivity index (χ1) is 30.2. The summed E-state index contributed by atoms with van der Waals surface area (Å²) < 4.78 is 24.9. The number of nitrogens with zero attached hydrogens (tertiary/aromatic N) is 4. The highest BCUT2D eigenvalue weighted by molar-refractivity contribution is 5.97. The lowest BCUT2D eigenvalue weighted by molar-refractivity contribution is -0.385. The highest BCUT2D eigenvalue weighted by atomic mass is 16.6. The maximum atomic E-state index is 14.0. The van der Waals surface area contributed by atoms with Crippen LogP contribution < -0.4 is 39.4 Å². The van der Waals surface area contributed by atoms with E-state index in [9.17, 15) is 24.6 Å². The molecule has 2 amide bonds. The smallest absolute Gasteiger partial charge is 0.274 e. The van der Waals surface area contributed by atoms with Crippen molar-refractivity contribution in [3.05, 3.63) is 146 Å². The molecule has 0 fully saturated rings. The molecule has 15 nitrogen and oxygen atoms in total. The number of nitrogens with one attached hydrogen (secondary N) is 2. The molecule has 4 aliphatic heterocycles. The maximum absolute atomic E-state index is 14.0. The molecule has 0 aliphatic carbocycles. The van der Waals surface area contributed by atoms with Crippen LogP contribution >= 0.6 is 0 Å². The summed E-state index contributed by atoms with van der Waals surface area (Å²) in [4.78, 5) is 54.4. The summed E-state index contributed by atoms with van der Waals surface area (Å²) in [5.74, 6) is 0.702. The molecule has 320 valence electrons. The molecule has 0 saturated carbocycles. The SMILES string of the molecule is COc1cc(N=O)cc2c1OC1(C=C2)N(CC(=O)Nc2ccc(NC(=O)CN3c4ccccc4C(C)(C)C34C=Cc3cc([N+](=O)[O-])cc(OC)c3O4)cc2)c2ccccc2C1(C)C. The second-order valence-corrected chi connectivity index (χ2v) is 16.9. The molecule has 0 bridgehead atoms. The molecular formula is C48H44N6O9. The Morgan fingerprint density at radius 3 is 1.57 bits per heavy atom. The Balaban J connectivity index is 0.930. The third kappa shape index (κ3) is 6.24. The van der Waals surface area contributed by atoms with Gasteiger partial charge in [-0.1, -0.05) is 36.4 Å². The summed E-state index contributed by atoms with van der Waals surface area (Å²) >= 11 is 0. The lowest BCUT2D eigenvalue weighted by Crippen LogP contribution is -2.61. The number of methoxy groups -OCH3 is 2. The van der Waals surface area contributed by atoms with Crippen molar-refractivity contribution >= 4 is 58.1 Å². The molecule has 0 saturated heterocycles. The van der Waals surface area contributed by atoms with Gasteiger partial charge in [0.05, 0.1) is 36.0 Å². The van der Waals surface area contributed by atoms with Crippen LogP contribution in [0, 0.1) is 15.0 Å². The second-order valence-electron chi connectivity index (χ2n) is 16.9. The zero-order valence-corrected chi connectivity index (χ0v) is 35.4. The lowest BCUT2D eigenvalue weighted by Gasteiger charge is -2.47. The van der Waals surface area contributed by atoms with Crippen LogP contribution in [0.3, 0.4) is 0 Å². The van der Waals surface area contributed by atoms with Crippen molar-refractivity contribution in [2.75, 3.05) is 47.7 Å². The number of nitroso groups, excluding NO2 is 1. The molecule has 2 N–H and O–H groups in total. The number of carbonyl (C=O) groups excluding carboxylic acids is 2. The van der Waals surface area contributed by atoms with Crippen molar-refractivity contribution in [2.24, 2.45) is 5.18 Å². The van der Waals surface area contributed by atoms with Crippen molar-refractivity contribution in [2.45, 2.75) is 50.0 Å². The van der Waals surface area contributed by atoms with E-state index in [0.717, 1.165) is 22.5 Å². The third-order valence-corrected chi connectivity index (χ3v) is 12.8. The summed E-state index contributed by atoms with van der Waals surface area (Å²) in [7, 11) is 2.93. The van der Waals surface area contributed by atoms with Crippen LogP contribution in [0.2, 0.25) is 0 Å². The van der Waals surface area contributed by atoms with E-state index in [1.807, 2.05) is 90.4 Å². The number of hydrogen-bond acceptors (Lipinski definition) is 12. The quantitative estimate of drug-likeness (QED) is 0.0780. The molecule has 5 aromatic carbocycles. The number of hydrogen-bond donors (Lipinski definition) is 2. The number of para-hydroxylation sites is 2. The zero-order chi connectivity index (χ0) is 44.5. The van der Waals surface area contributed by atoms with Gasteiger partial charge >= 0.3 is 0 Å². The lowest BCUT2D eigenvalue weighted by atomic mass is 9.76. The number of fused-ring (bicyclic) bond motifs is 4. The number of carbonyl (C=O) groups is 2. The van der Waals surface area contributed by atoms with Crippen LogP contribution in [0.25, 0.3) is 12.2 Å². The Morgan fingerprint density at radius 1 is 0.683 bits per heavy atom. The van der Waals surface area contributed by atoms with Crippen LogP contribution in [0.5, 0.6) is 23.0 Å². The van der Waals surface area contributed by atoms with Gasteiger partial charge < -0.3 is 39.4 Å². The van der Waals surface area contributed by atoms with Crippen molar-refractivity contribution in [1.29, 1.82) is 0 Å². The third-order valence-electron chi connectivity index (χ3n) is 12.8. The van der Waals surface area contributed by atoms with E-state index in [0.29, 0.717) is 39.8 Å². The number of rotatable bonds is 10. The molecular weight excluding hydrogens is 805 g/mol. The van der Waals surface area contributed by atoms with Crippen LogP contribution in [0.1, 0.15) is 49.9 Å². The van der Waals surface area contributed by atoms with Gasteiger partial charge in [-0.15, -0.1) is 4.91 Å². The minimum absolute atomic E-state index is 0.0753. The van der Waals surface area contributed by atoms with Gasteiger partial charge in [0.2, 0.25) is 23.3 Å². The van der Waals surface area contributed by atoms with Crippen molar-refractivity contribution in [3.63, 3.8) is 0 Å². The number of nitro benzene ring substituents is 1. The molecule has 5 aromatic rings. The molecule has 2 unspecified atom stereocenters. The minimum Gasteiger partial charge on any atom is -0.493 e. The van der Waals surface area contributed by atoms with E-state index in [1.54, 1.807) is 36.4 Å². The van der Waals surface area contributed by atoms with E-state index < -0.39 is 27.2 Å². The van der Waals surface area contributed by atoms with Gasteiger partial charge in [0, 0.05) is 46.0 Å². The Hall–Kier alpha value is -7.68. The second kappa shape index (κ2) is 14.8. The monoisotopic (exact) mass is 848 g/mol. The fourth-order valence-electron chi connectivity index (χ4n) is 9.52. The predicted molar refractivity (Wildman–Crippen MR) is 240 cm³/mol. The summed E-state index contributed by atoms with van der Waals surface area (Å²) in [6.45, 7) is 8.01. The first kappa shape index (κ1) is 40.7. The van der Waals surface area contributed by atoms with Gasteiger partial charge in [-0.3, -0.25) is 19.7 Å². The van der Waals surface area contributed by atoms with Crippen molar-refractivity contribution in [3.8, 4) is 23.0 Å². The fraction of sp³-hybridized carbons (Fsp3) is 0.250. The fourth-order valence-corrected chi connectivity index (χ4v) is 9.52. The number of benzene rings is 5. The molecule has 2 atom stereocenters. The van der Waals surface area contributed by atoms with Crippen molar-refractivity contribution in [1.82, 2.24) is 0 Å². The van der Waals surface area contributed by atoms with E-state index in [1.165, 1.54) is 32.4 Å². The summed E-state index contributed by atoms with van der Waals surface area (Å²) in [5, 5.41) is 20.8. The first-order valence-corrected chi connectivity index (χ1v) is 20.3. The first-order valence-electron chi connectivity index (χ1n) is 20.3. The largest absolute Gasteiger partial charge is 0.493 e. The number of amides is 2. The molecule has 4 aliphatic rings.